The summed E-state index contributed by atoms with van der Waals surface area (Å²) in [7, 11) is 0. The van der Waals surface area contributed by atoms with Crippen molar-refractivity contribution in [3.8, 4) is 0 Å². The highest BCUT2D eigenvalue weighted by molar-refractivity contribution is 5.77. The topological polar surface area (TPSA) is 28.4 Å². The minimum atomic E-state index is 0.728. The van der Waals surface area contributed by atoms with E-state index >= 15 is 0 Å². The molecule has 3 aliphatic rings. The minimum Gasteiger partial charge on any atom is -0.460 e. The van der Waals surface area contributed by atoms with Crippen LogP contribution >= 0.6 is 0 Å². The van der Waals surface area contributed by atoms with Crippen molar-refractivity contribution < 1.29 is 4.42 Å². The number of hydrogen-bond acceptors (Lipinski definition) is 3. The first-order valence-corrected chi connectivity index (χ1v) is 8.75. The van der Waals surface area contributed by atoms with E-state index in [4.69, 9.17) is 4.42 Å². The van der Waals surface area contributed by atoms with Gasteiger partial charge in [-0.25, -0.2) is 0 Å². The molecule has 3 fully saturated rings. The molecule has 5 rings (SSSR count). The molecule has 3 nitrogen and oxygen atoms in total. The lowest BCUT2D eigenvalue weighted by Crippen LogP contribution is -2.56. The van der Waals surface area contributed by atoms with Crippen molar-refractivity contribution in [1.82, 2.24) is 10.2 Å². The van der Waals surface area contributed by atoms with Gasteiger partial charge in [-0.05, 0) is 43.4 Å². The Labute approximate surface area is 132 Å². The van der Waals surface area contributed by atoms with Crippen LogP contribution in [0.2, 0.25) is 0 Å². The Bertz CT molecular complexity index is 602. The lowest BCUT2D eigenvalue weighted by molar-refractivity contribution is 0.000215. The standard InChI is InChI=1S/C19H26N2O/c1-2-14-13-21-8-7-15(14)9-17(21)11-20-12-18-10-16-5-3-4-6-19(16)22-18/h3-6,10,14-15,17,20H,2,7-9,11-13H2,1H3/t14-,15+,17-/m1/s1. The third kappa shape index (κ3) is 2.68. The predicted molar refractivity (Wildman–Crippen MR) is 89.8 cm³/mol. The van der Waals surface area contributed by atoms with Gasteiger partial charge in [0.05, 0.1) is 6.54 Å². The molecule has 3 aliphatic heterocycles. The van der Waals surface area contributed by atoms with Crippen LogP contribution in [0.5, 0.6) is 0 Å². The number of para-hydroxylation sites is 1. The summed E-state index contributed by atoms with van der Waals surface area (Å²) in [4.78, 5) is 2.71. The molecule has 3 saturated heterocycles. The van der Waals surface area contributed by atoms with Crippen molar-refractivity contribution in [1.29, 1.82) is 0 Å². The Morgan fingerprint density at radius 3 is 3.00 bits per heavy atom. The van der Waals surface area contributed by atoms with Crippen molar-refractivity contribution in [2.24, 2.45) is 11.8 Å². The molecule has 2 bridgehead atoms. The molecular formula is C19H26N2O. The molecule has 4 atom stereocenters. The van der Waals surface area contributed by atoms with Gasteiger partial charge in [0, 0.05) is 24.5 Å². The quantitative estimate of drug-likeness (QED) is 0.913. The van der Waals surface area contributed by atoms with Crippen molar-refractivity contribution in [3.05, 3.63) is 36.1 Å². The number of benzene rings is 1. The summed E-state index contributed by atoms with van der Waals surface area (Å²) in [5, 5.41) is 4.81. The molecule has 1 unspecified atom stereocenters. The number of fused-ring (bicyclic) bond motifs is 4. The summed E-state index contributed by atoms with van der Waals surface area (Å²) in [6.45, 7) is 6.89. The molecular weight excluding hydrogens is 272 g/mol. The Morgan fingerprint density at radius 2 is 2.23 bits per heavy atom. The third-order valence-electron chi connectivity index (χ3n) is 5.69. The first-order valence-electron chi connectivity index (χ1n) is 8.75. The smallest absolute Gasteiger partial charge is 0.134 e. The summed E-state index contributed by atoms with van der Waals surface area (Å²) in [5.41, 5.74) is 0.991. The molecule has 4 heterocycles. The molecule has 3 heteroatoms. The van der Waals surface area contributed by atoms with E-state index in [1.807, 2.05) is 12.1 Å². The average Bonchev–Trinajstić information content (AvgIpc) is 2.98. The van der Waals surface area contributed by atoms with Crippen molar-refractivity contribution in [2.75, 3.05) is 19.6 Å². The number of nitrogens with one attached hydrogen (secondary N) is 1. The molecule has 1 aromatic heterocycles. The second-order valence-corrected chi connectivity index (χ2v) is 6.98. The van der Waals surface area contributed by atoms with Crippen LogP contribution in [-0.2, 0) is 6.54 Å². The monoisotopic (exact) mass is 298 g/mol. The van der Waals surface area contributed by atoms with Gasteiger partial charge in [0.2, 0.25) is 0 Å². The van der Waals surface area contributed by atoms with Gasteiger partial charge in [-0.3, -0.25) is 4.90 Å². The minimum absolute atomic E-state index is 0.728. The first-order chi connectivity index (χ1) is 10.8. The maximum Gasteiger partial charge on any atom is 0.134 e. The van der Waals surface area contributed by atoms with Crippen molar-refractivity contribution in [3.63, 3.8) is 0 Å². The fraction of sp³-hybridized carbons (Fsp3) is 0.579. The molecule has 0 amide bonds. The third-order valence-corrected chi connectivity index (χ3v) is 5.69. The van der Waals surface area contributed by atoms with Crippen LogP contribution in [0.15, 0.2) is 34.7 Å². The molecule has 0 aliphatic carbocycles. The molecule has 1 N–H and O–H groups in total. The lowest BCUT2D eigenvalue weighted by atomic mass is 9.74. The number of rotatable bonds is 5. The average molecular weight is 298 g/mol. The van der Waals surface area contributed by atoms with Gasteiger partial charge >= 0.3 is 0 Å². The van der Waals surface area contributed by atoms with Gasteiger partial charge in [-0.15, -0.1) is 0 Å². The number of piperidine rings is 3. The summed E-state index contributed by atoms with van der Waals surface area (Å²) < 4.78 is 5.88. The van der Waals surface area contributed by atoms with Crippen LogP contribution in [-0.4, -0.2) is 30.6 Å². The van der Waals surface area contributed by atoms with E-state index in [9.17, 15) is 0 Å². The highest BCUT2D eigenvalue weighted by Crippen LogP contribution is 2.37. The Balaban J connectivity index is 1.32. The van der Waals surface area contributed by atoms with Crippen LogP contribution in [0.25, 0.3) is 11.0 Å². The van der Waals surface area contributed by atoms with Gasteiger partial charge < -0.3 is 9.73 Å². The van der Waals surface area contributed by atoms with Gasteiger partial charge in [0.15, 0.2) is 0 Å². The van der Waals surface area contributed by atoms with E-state index in [1.54, 1.807) is 0 Å². The van der Waals surface area contributed by atoms with Crippen LogP contribution in [0, 0.1) is 11.8 Å². The SMILES string of the molecule is CC[C@@H]1CN2CC[C@H]1C[C@@H]2CNCc1cc2ccccc2o1. The van der Waals surface area contributed by atoms with Crippen molar-refractivity contribution >= 4 is 11.0 Å². The Hall–Kier alpha value is -1.32. The van der Waals surface area contributed by atoms with Gasteiger partial charge in [-0.2, -0.15) is 0 Å². The van der Waals surface area contributed by atoms with Crippen LogP contribution in [0.1, 0.15) is 31.9 Å². The highest BCUT2D eigenvalue weighted by Gasteiger charge is 2.38. The van der Waals surface area contributed by atoms with Gasteiger partial charge in [-0.1, -0.05) is 31.5 Å². The molecule has 0 saturated carbocycles. The molecule has 118 valence electrons. The molecule has 2 aromatic rings. The fourth-order valence-corrected chi connectivity index (χ4v) is 4.41. The summed E-state index contributed by atoms with van der Waals surface area (Å²) in [5.74, 6) is 2.96. The second kappa shape index (κ2) is 6.05. The predicted octanol–water partition coefficient (Wildman–Crippen LogP) is 3.64. The van der Waals surface area contributed by atoms with Gasteiger partial charge in [0.25, 0.3) is 0 Å². The molecule has 0 radical (unpaired) electrons. The summed E-state index contributed by atoms with van der Waals surface area (Å²) in [6.07, 6.45) is 4.14. The zero-order valence-corrected chi connectivity index (χ0v) is 13.4. The van der Waals surface area contributed by atoms with Crippen LogP contribution < -0.4 is 5.32 Å². The second-order valence-electron chi connectivity index (χ2n) is 6.98. The van der Waals surface area contributed by atoms with E-state index in [0.29, 0.717) is 0 Å². The number of hydrogen-bond donors (Lipinski definition) is 1. The lowest BCUT2D eigenvalue weighted by Gasteiger charge is -2.50. The first kappa shape index (κ1) is 14.3. The highest BCUT2D eigenvalue weighted by atomic mass is 16.3. The molecule has 0 spiro atoms. The van der Waals surface area contributed by atoms with E-state index in [-0.39, 0.29) is 0 Å². The van der Waals surface area contributed by atoms with E-state index < -0.39 is 0 Å². The summed E-state index contributed by atoms with van der Waals surface area (Å²) >= 11 is 0. The summed E-state index contributed by atoms with van der Waals surface area (Å²) in [6, 6.07) is 11.1. The molecule has 1 aromatic carbocycles. The maximum atomic E-state index is 5.88. The number of furan rings is 1. The largest absolute Gasteiger partial charge is 0.460 e. The maximum absolute atomic E-state index is 5.88. The number of nitrogens with zero attached hydrogens (tertiary/aromatic N) is 1. The zero-order valence-electron chi connectivity index (χ0n) is 13.4. The van der Waals surface area contributed by atoms with Crippen LogP contribution in [0.4, 0.5) is 0 Å². The van der Waals surface area contributed by atoms with E-state index in [2.05, 4.69) is 35.3 Å². The van der Waals surface area contributed by atoms with E-state index in [0.717, 1.165) is 42.3 Å². The van der Waals surface area contributed by atoms with E-state index in [1.165, 1.54) is 37.7 Å². The fourth-order valence-electron chi connectivity index (χ4n) is 4.41. The Morgan fingerprint density at radius 1 is 1.32 bits per heavy atom. The Kier molecular flexibility index (Phi) is 3.93. The zero-order chi connectivity index (χ0) is 14.9. The molecule has 22 heavy (non-hydrogen) atoms. The van der Waals surface area contributed by atoms with Crippen molar-refractivity contribution in [2.45, 2.75) is 38.8 Å². The van der Waals surface area contributed by atoms with Gasteiger partial charge in [0.1, 0.15) is 11.3 Å². The van der Waals surface area contributed by atoms with Crippen LogP contribution in [0.3, 0.4) is 0 Å². The normalized spacial score (nSPS) is 31.0.